The molecule has 2 N–H and O–H groups in total. The highest BCUT2D eigenvalue weighted by Crippen LogP contribution is 2.44. The summed E-state index contributed by atoms with van der Waals surface area (Å²) >= 11 is 0. The molecule has 0 spiro atoms. The number of amides is 1. The normalized spacial score (nSPS) is 20.8. The van der Waals surface area contributed by atoms with Crippen LogP contribution in [0.3, 0.4) is 0 Å². The Hall–Kier alpha value is -3.08. The number of aliphatic carboxylic acids is 1. The second-order valence-corrected chi connectivity index (χ2v) is 7.65. The van der Waals surface area contributed by atoms with Crippen molar-refractivity contribution in [3.63, 3.8) is 0 Å². The Morgan fingerprint density at radius 1 is 1.00 bits per heavy atom. The minimum absolute atomic E-state index is 0.0173. The van der Waals surface area contributed by atoms with Gasteiger partial charge in [0.1, 0.15) is 6.61 Å². The minimum atomic E-state index is -0.888. The van der Waals surface area contributed by atoms with Crippen molar-refractivity contribution in [2.24, 2.45) is 5.92 Å². The SMILES string of the molecule is O=C(N[C@@H]1C=CCCCC[C@@H]1C(=O)O)OCC1c2ccccc2-c2ccccc21. The largest absolute Gasteiger partial charge is 0.481 e. The summed E-state index contributed by atoms with van der Waals surface area (Å²) in [5.41, 5.74) is 4.64. The van der Waals surface area contributed by atoms with E-state index in [4.69, 9.17) is 4.74 Å². The Kier molecular flexibility index (Phi) is 5.65. The molecule has 2 aromatic carbocycles. The van der Waals surface area contributed by atoms with Gasteiger partial charge in [0, 0.05) is 5.92 Å². The third kappa shape index (κ3) is 4.04. The summed E-state index contributed by atoms with van der Waals surface area (Å²) in [7, 11) is 0. The molecule has 0 saturated carbocycles. The van der Waals surface area contributed by atoms with E-state index in [2.05, 4.69) is 29.6 Å². The quantitative estimate of drug-likeness (QED) is 0.739. The van der Waals surface area contributed by atoms with E-state index in [1.807, 2.05) is 30.3 Å². The van der Waals surface area contributed by atoms with Gasteiger partial charge in [0.05, 0.1) is 12.0 Å². The molecule has 2 aromatic rings. The molecule has 29 heavy (non-hydrogen) atoms. The fourth-order valence-electron chi connectivity index (χ4n) is 4.38. The molecular weight excluding hydrogens is 366 g/mol. The first-order valence-corrected chi connectivity index (χ1v) is 10.2. The van der Waals surface area contributed by atoms with Crippen molar-refractivity contribution in [1.29, 1.82) is 0 Å². The van der Waals surface area contributed by atoms with Gasteiger partial charge in [-0.25, -0.2) is 4.79 Å². The van der Waals surface area contributed by atoms with Gasteiger partial charge < -0.3 is 15.2 Å². The van der Waals surface area contributed by atoms with Crippen molar-refractivity contribution < 1.29 is 19.4 Å². The molecular formula is C24H25NO4. The van der Waals surface area contributed by atoms with Gasteiger partial charge in [-0.05, 0) is 41.5 Å². The average Bonchev–Trinajstić information content (AvgIpc) is 3.02. The highest BCUT2D eigenvalue weighted by Gasteiger charge is 2.31. The number of carboxylic acids is 1. The molecule has 0 saturated heterocycles. The predicted molar refractivity (Wildman–Crippen MR) is 111 cm³/mol. The Balaban J connectivity index is 1.46. The summed E-state index contributed by atoms with van der Waals surface area (Å²) in [6.45, 7) is 0.216. The van der Waals surface area contributed by atoms with Crippen LogP contribution in [0.4, 0.5) is 4.79 Å². The Labute approximate surface area is 170 Å². The Morgan fingerprint density at radius 3 is 2.31 bits per heavy atom. The van der Waals surface area contributed by atoms with Crippen molar-refractivity contribution in [2.45, 2.75) is 37.6 Å². The lowest BCUT2D eigenvalue weighted by Crippen LogP contribution is -2.43. The molecule has 5 nitrogen and oxygen atoms in total. The number of allylic oxidation sites excluding steroid dienone is 1. The zero-order chi connectivity index (χ0) is 20.2. The number of carbonyl (C=O) groups is 2. The van der Waals surface area contributed by atoms with Crippen molar-refractivity contribution >= 4 is 12.1 Å². The lowest BCUT2D eigenvalue weighted by atomic mass is 9.90. The summed E-state index contributed by atoms with van der Waals surface area (Å²) < 4.78 is 5.57. The molecule has 5 heteroatoms. The van der Waals surface area contributed by atoms with E-state index in [1.54, 1.807) is 6.08 Å². The zero-order valence-corrected chi connectivity index (χ0v) is 16.2. The van der Waals surface area contributed by atoms with Crippen LogP contribution in [0.1, 0.15) is 42.7 Å². The number of nitrogens with one attached hydrogen (secondary N) is 1. The molecule has 1 amide bonds. The summed E-state index contributed by atoms with van der Waals surface area (Å²) in [5.74, 6) is -1.54. The zero-order valence-electron chi connectivity index (χ0n) is 16.2. The van der Waals surface area contributed by atoms with Crippen LogP contribution in [0.15, 0.2) is 60.7 Å². The van der Waals surface area contributed by atoms with Crippen LogP contribution in [-0.2, 0) is 9.53 Å². The van der Waals surface area contributed by atoms with Crippen molar-refractivity contribution in [3.8, 4) is 11.1 Å². The first kappa shape index (κ1) is 19.2. The molecule has 0 aliphatic heterocycles. The van der Waals surface area contributed by atoms with Crippen molar-refractivity contribution in [3.05, 3.63) is 71.8 Å². The molecule has 0 radical (unpaired) electrons. The number of fused-ring (bicyclic) bond motifs is 3. The number of carboxylic acid groups (broad SMARTS) is 1. The van der Waals surface area contributed by atoms with E-state index < -0.39 is 24.0 Å². The number of alkyl carbamates (subject to hydrolysis) is 1. The molecule has 150 valence electrons. The molecule has 0 aromatic heterocycles. The Morgan fingerprint density at radius 2 is 1.66 bits per heavy atom. The van der Waals surface area contributed by atoms with Gasteiger partial charge in [-0.2, -0.15) is 0 Å². The van der Waals surface area contributed by atoms with E-state index in [-0.39, 0.29) is 12.5 Å². The van der Waals surface area contributed by atoms with Crippen LogP contribution in [0, 0.1) is 5.92 Å². The summed E-state index contributed by atoms with van der Waals surface area (Å²) in [5, 5.41) is 12.3. The number of carbonyl (C=O) groups excluding carboxylic acids is 1. The number of ether oxygens (including phenoxy) is 1. The number of hydrogen-bond donors (Lipinski definition) is 2. The van der Waals surface area contributed by atoms with Gasteiger partial charge in [0.15, 0.2) is 0 Å². The molecule has 0 bridgehead atoms. The van der Waals surface area contributed by atoms with Gasteiger partial charge in [-0.3, -0.25) is 4.79 Å². The number of benzene rings is 2. The van der Waals surface area contributed by atoms with Crippen LogP contribution < -0.4 is 5.32 Å². The highest BCUT2D eigenvalue weighted by atomic mass is 16.5. The average molecular weight is 391 g/mol. The first-order chi connectivity index (χ1) is 14.1. The molecule has 2 aliphatic carbocycles. The lowest BCUT2D eigenvalue weighted by molar-refractivity contribution is -0.142. The van der Waals surface area contributed by atoms with E-state index in [1.165, 1.54) is 11.1 Å². The summed E-state index contributed by atoms with van der Waals surface area (Å²) in [4.78, 5) is 24.1. The minimum Gasteiger partial charge on any atom is -0.481 e. The third-order valence-corrected chi connectivity index (χ3v) is 5.86. The first-order valence-electron chi connectivity index (χ1n) is 10.2. The maximum absolute atomic E-state index is 12.5. The molecule has 4 rings (SSSR count). The van der Waals surface area contributed by atoms with Crippen molar-refractivity contribution in [2.75, 3.05) is 6.61 Å². The maximum Gasteiger partial charge on any atom is 0.407 e. The second-order valence-electron chi connectivity index (χ2n) is 7.65. The van der Waals surface area contributed by atoms with Gasteiger partial charge in [-0.1, -0.05) is 67.1 Å². The molecule has 0 fully saturated rings. The van der Waals surface area contributed by atoms with E-state index in [9.17, 15) is 14.7 Å². The smallest absolute Gasteiger partial charge is 0.407 e. The third-order valence-electron chi connectivity index (χ3n) is 5.86. The second kappa shape index (κ2) is 8.52. The van der Waals surface area contributed by atoms with Gasteiger partial charge >= 0.3 is 12.1 Å². The Bertz CT molecular complexity index is 890. The van der Waals surface area contributed by atoms with Crippen LogP contribution in [0.25, 0.3) is 11.1 Å². The van der Waals surface area contributed by atoms with Crippen LogP contribution in [0.2, 0.25) is 0 Å². The standard InChI is InChI=1S/C24H25NO4/c26-23(27)20-13-3-1-2-4-14-22(20)25-24(28)29-15-21-18-11-7-5-9-16(18)17-10-6-8-12-19(17)21/h4-12,14,20-22H,1-3,13,15H2,(H,25,28)(H,26,27)/t20-,22+/m0/s1. The van der Waals surface area contributed by atoms with E-state index >= 15 is 0 Å². The summed E-state index contributed by atoms with van der Waals surface area (Å²) in [6, 6.07) is 15.8. The topological polar surface area (TPSA) is 75.6 Å². The lowest BCUT2D eigenvalue weighted by Gasteiger charge is -2.24. The molecule has 0 unspecified atom stereocenters. The van der Waals surface area contributed by atoms with Crippen LogP contribution in [-0.4, -0.2) is 29.8 Å². The van der Waals surface area contributed by atoms with E-state index in [0.29, 0.717) is 6.42 Å². The predicted octanol–water partition coefficient (Wildman–Crippen LogP) is 4.72. The fourth-order valence-corrected chi connectivity index (χ4v) is 4.38. The van der Waals surface area contributed by atoms with Gasteiger partial charge in [0.2, 0.25) is 0 Å². The molecule has 2 atom stereocenters. The van der Waals surface area contributed by atoms with Crippen LogP contribution >= 0.6 is 0 Å². The highest BCUT2D eigenvalue weighted by molar-refractivity contribution is 5.79. The van der Waals surface area contributed by atoms with Gasteiger partial charge in [-0.15, -0.1) is 0 Å². The fraction of sp³-hybridized carbons (Fsp3) is 0.333. The molecule has 0 heterocycles. The van der Waals surface area contributed by atoms with Gasteiger partial charge in [0.25, 0.3) is 0 Å². The molecule has 2 aliphatic rings. The number of rotatable bonds is 4. The monoisotopic (exact) mass is 391 g/mol. The maximum atomic E-state index is 12.5. The number of hydrogen-bond acceptors (Lipinski definition) is 3. The van der Waals surface area contributed by atoms with E-state index in [0.717, 1.165) is 30.4 Å². The summed E-state index contributed by atoms with van der Waals surface area (Å²) in [6.07, 6.45) is 6.42. The van der Waals surface area contributed by atoms with Crippen molar-refractivity contribution in [1.82, 2.24) is 5.32 Å². The van der Waals surface area contributed by atoms with Crippen LogP contribution in [0.5, 0.6) is 0 Å².